The molecule has 0 aliphatic carbocycles. The molecule has 0 bridgehead atoms. The molecule has 0 fully saturated rings. The van der Waals surface area contributed by atoms with E-state index in [0.717, 1.165) is 14.9 Å². The summed E-state index contributed by atoms with van der Waals surface area (Å²) < 4.78 is 20.8. The monoisotopic (exact) mass is 443 g/mol. The maximum Gasteiger partial charge on any atom is 0.366 e. The molecule has 0 saturated heterocycles. The normalized spacial score (nSPS) is 11.0. The number of aromatic amines is 1. The van der Waals surface area contributed by atoms with E-state index in [0.29, 0.717) is 23.8 Å². The summed E-state index contributed by atoms with van der Waals surface area (Å²) in [6.45, 7) is 4.61. The van der Waals surface area contributed by atoms with Gasteiger partial charge in [0.25, 0.3) is 0 Å². The van der Waals surface area contributed by atoms with Gasteiger partial charge < -0.3 is 13.9 Å². The fraction of sp³-hybridized carbons (Fsp3) is 0.312. The van der Waals surface area contributed by atoms with Crippen molar-refractivity contribution in [3.63, 3.8) is 0 Å². The lowest BCUT2D eigenvalue weighted by Gasteiger charge is -2.14. The Labute approximate surface area is 152 Å². The number of hydrogen-bond donors (Lipinski definition) is 1. The first kappa shape index (κ1) is 16.7. The summed E-state index contributed by atoms with van der Waals surface area (Å²) in [6.07, 6.45) is 1.49. The SMILES string of the molecule is CCOc1coc(-n2[nH]n(C)c2=O)c1COc1ccc(I)cc1C. The molecule has 0 amide bonds. The molecule has 128 valence electrons. The smallest absolute Gasteiger partial charge is 0.366 e. The van der Waals surface area contributed by atoms with E-state index < -0.39 is 0 Å². The van der Waals surface area contributed by atoms with E-state index in [9.17, 15) is 4.79 Å². The van der Waals surface area contributed by atoms with Crippen LogP contribution >= 0.6 is 22.6 Å². The van der Waals surface area contributed by atoms with Crippen LogP contribution in [-0.2, 0) is 13.7 Å². The Balaban J connectivity index is 1.89. The van der Waals surface area contributed by atoms with Crippen LogP contribution in [0.1, 0.15) is 18.1 Å². The molecule has 1 aromatic carbocycles. The van der Waals surface area contributed by atoms with Crippen LogP contribution in [0.2, 0.25) is 0 Å². The molecule has 0 aliphatic heterocycles. The van der Waals surface area contributed by atoms with Crippen LogP contribution < -0.4 is 15.2 Å². The Kier molecular flexibility index (Phi) is 4.74. The molecular weight excluding hydrogens is 425 g/mol. The average molecular weight is 443 g/mol. The van der Waals surface area contributed by atoms with Crippen molar-refractivity contribution in [2.45, 2.75) is 20.5 Å². The number of hydrogen-bond acceptors (Lipinski definition) is 4. The molecular formula is C16H18IN3O4. The average Bonchev–Trinajstić information content (AvgIpc) is 2.94. The third-order valence-corrected chi connectivity index (χ3v) is 4.24. The second kappa shape index (κ2) is 6.80. The molecule has 0 radical (unpaired) electrons. The van der Waals surface area contributed by atoms with Gasteiger partial charge in [-0.15, -0.1) is 0 Å². The lowest BCUT2D eigenvalue weighted by Crippen LogP contribution is -2.40. The van der Waals surface area contributed by atoms with Crippen LogP contribution in [0.5, 0.6) is 11.5 Å². The number of benzene rings is 1. The highest BCUT2D eigenvalue weighted by Crippen LogP contribution is 2.29. The minimum atomic E-state index is -0.209. The molecule has 7 nitrogen and oxygen atoms in total. The predicted octanol–water partition coefficient (Wildman–Crippen LogP) is 2.99. The lowest BCUT2D eigenvalue weighted by atomic mass is 10.2. The zero-order valence-electron chi connectivity index (χ0n) is 13.6. The van der Waals surface area contributed by atoms with E-state index in [1.54, 1.807) is 7.05 Å². The van der Waals surface area contributed by atoms with Gasteiger partial charge in [0, 0.05) is 10.6 Å². The summed E-state index contributed by atoms with van der Waals surface area (Å²) >= 11 is 2.26. The highest BCUT2D eigenvalue weighted by molar-refractivity contribution is 14.1. The van der Waals surface area contributed by atoms with E-state index in [1.165, 1.54) is 15.6 Å². The van der Waals surface area contributed by atoms with E-state index >= 15 is 0 Å². The first-order chi connectivity index (χ1) is 11.5. The number of halogens is 1. The van der Waals surface area contributed by atoms with Crippen LogP contribution in [0.25, 0.3) is 5.88 Å². The zero-order chi connectivity index (χ0) is 17.3. The van der Waals surface area contributed by atoms with Crippen molar-refractivity contribution in [3.8, 4) is 17.4 Å². The highest BCUT2D eigenvalue weighted by Gasteiger charge is 2.21. The first-order valence-corrected chi connectivity index (χ1v) is 8.55. The van der Waals surface area contributed by atoms with E-state index in [1.807, 2.05) is 32.0 Å². The Bertz CT molecular complexity index is 903. The number of rotatable bonds is 6. The molecule has 1 N–H and O–H groups in total. The van der Waals surface area contributed by atoms with Crippen LogP contribution in [-0.4, -0.2) is 21.2 Å². The standard InChI is InChI=1S/C16H18IN3O4/c1-4-22-14-9-24-15(20-16(21)19(3)18-20)12(14)8-23-13-6-5-11(17)7-10(13)2/h5-7,9,18H,4,8H2,1-3H3. The number of aryl methyl sites for hydroxylation is 2. The Morgan fingerprint density at radius 3 is 2.71 bits per heavy atom. The Hall–Kier alpha value is -2.10. The summed E-state index contributed by atoms with van der Waals surface area (Å²) in [5, 5.41) is 2.83. The molecule has 0 aliphatic rings. The lowest BCUT2D eigenvalue weighted by molar-refractivity contribution is 0.284. The van der Waals surface area contributed by atoms with Crippen molar-refractivity contribution in [2.75, 3.05) is 6.61 Å². The van der Waals surface area contributed by atoms with Gasteiger partial charge in [-0.05, 0) is 60.2 Å². The topological polar surface area (TPSA) is 74.3 Å². The van der Waals surface area contributed by atoms with Crippen molar-refractivity contribution in [1.29, 1.82) is 0 Å². The van der Waals surface area contributed by atoms with Gasteiger partial charge in [0.15, 0.2) is 5.75 Å². The molecule has 8 heteroatoms. The highest BCUT2D eigenvalue weighted by atomic mass is 127. The molecule has 0 saturated carbocycles. The molecule has 0 unspecified atom stereocenters. The molecule has 0 spiro atoms. The van der Waals surface area contributed by atoms with Gasteiger partial charge in [-0.25, -0.2) is 14.7 Å². The summed E-state index contributed by atoms with van der Waals surface area (Å²) in [5.41, 5.74) is 1.52. The molecule has 2 aromatic heterocycles. The maximum atomic E-state index is 11.9. The predicted molar refractivity (Wildman–Crippen MR) is 97.0 cm³/mol. The van der Waals surface area contributed by atoms with Gasteiger partial charge in [-0.2, -0.15) is 4.68 Å². The van der Waals surface area contributed by atoms with E-state index in [2.05, 4.69) is 27.8 Å². The molecule has 24 heavy (non-hydrogen) atoms. The minimum absolute atomic E-state index is 0.209. The fourth-order valence-corrected chi connectivity index (χ4v) is 3.00. The minimum Gasteiger partial charge on any atom is -0.490 e. The summed E-state index contributed by atoms with van der Waals surface area (Å²) in [4.78, 5) is 11.9. The van der Waals surface area contributed by atoms with Crippen molar-refractivity contribution < 1.29 is 13.9 Å². The third kappa shape index (κ3) is 3.10. The van der Waals surface area contributed by atoms with Crippen molar-refractivity contribution >= 4 is 22.6 Å². The second-order valence-electron chi connectivity index (χ2n) is 5.29. The Morgan fingerprint density at radius 1 is 1.29 bits per heavy atom. The summed E-state index contributed by atoms with van der Waals surface area (Å²) in [6, 6.07) is 5.96. The largest absolute Gasteiger partial charge is 0.490 e. The van der Waals surface area contributed by atoms with Crippen LogP contribution in [0.3, 0.4) is 0 Å². The van der Waals surface area contributed by atoms with Crippen LogP contribution in [0.15, 0.2) is 33.7 Å². The molecule has 3 aromatic rings. The number of H-pyrrole nitrogens is 1. The van der Waals surface area contributed by atoms with Gasteiger partial charge in [0.1, 0.15) is 18.6 Å². The number of ether oxygens (including phenoxy) is 2. The van der Waals surface area contributed by atoms with Gasteiger partial charge in [-0.3, -0.25) is 0 Å². The molecule has 0 atom stereocenters. The van der Waals surface area contributed by atoms with Crippen molar-refractivity contribution in [2.24, 2.45) is 7.05 Å². The van der Waals surface area contributed by atoms with Gasteiger partial charge in [-0.1, -0.05) is 0 Å². The van der Waals surface area contributed by atoms with Gasteiger partial charge in [0.2, 0.25) is 5.88 Å². The number of nitrogens with one attached hydrogen (secondary N) is 1. The van der Waals surface area contributed by atoms with Crippen LogP contribution in [0.4, 0.5) is 0 Å². The quantitative estimate of drug-likeness (QED) is 0.595. The fourth-order valence-electron chi connectivity index (χ4n) is 2.35. The zero-order valence-corrected chi connectivity index (χ0v) is 15.8. The van der Waals surface area contributed by atoms with Crippen molar-refractivity contribution in [1.82, 2.24) is 14.6 Å². The van der Waals surface area contributed by atoms with Crippen molar-refractivity contribution in [3.05, 3.63) is 49.6 Å². The van der Waals surface area contributed by atoms with Gasteiger partial charge in [0.05, 0.1) is 12.2 Å². The number of nitrogens with zero attached hydrogens (tertiary/aromatic N) is 2. The summed E-state index contributed by atoms with van der Waals surface area (Å²) in [5.74, 6) is 1.73. The molecule has 2 heterocycles. The number of furan rings is 1. The van der Waals surface area contributed by atoms with E-state index in [-0.39, 0.29) is 12.3 Å². The Morgan fingerprint density at radius 2 is 2.08 bits per heavy atom. The first-order valence-electron chi connectivity index (χ1n) is 7.47. The molecule has 3 rings (SSSR count). The number of aromatic nitrogens is 3. The van der Waals surface area contributed by atoms with Gasteiger partial charge >= 0.3 is 5.69 Å². The van der Waals surface area contributed by atoms with Crippen LogP contribution in [0, 0.1) is 10.5 Å². The van der Waals surface area contributed by atoms with E-state index in [4.69, 9.17) is 13.9 Å². The third-order valence-electron chi connectivity index (χ3n) is 3.57. The maximum absolute atomic E-state index is 11.9. The second-order valence-corrected chi connectivity index (χ2v) is 6.54. The summed E-state index contributed by atoms with van der Waals surface area (Å²) in [7, 11) is 1.64.